The number of aryl methyl sites for hydroxylation is 3. The summed E-state index contributed by atoms with van der Waals surface area (Å²) >= 11 is 1.63. The molecule has 6 heteroatoms. The highest BCUT2D eigenvalue weighted by atomic mass is 32.1. The quantitative estimate of drug-likeness (QED) is 0.703. The Balaban J connectivity index is 1.76. The summed E-state index contributed by atoms with van der Waals surface area (Å²) in [7, 11) is 0. The summed E-state index contributed by atoms with van der Waals surface area (Å²) in [6, 6.07) is 3.91. The van der Waals surface area contributed by atoms with E-state index in [4.69, 9.17) is 0 Å². The van der Waals surface area contributed by atoms with Gasteiger partial charge in [-0.2, -0.15) is 5.10 Å². The molecule has 0 N–H and O–H groups in total. The van der Waals surface area contributed by atoms with E-state index in [0.717, 1.165) is 36.0 Å². The van der Waals surface area contributed by atoms with Gasteiger partial charge in [0, 0.05) is 30.4 Å². The average molecular weight is 302 g/mol. The molecular weight excluding hydrogens is 284 g/mol. The van der Waals surface area contributed by atoms with Crippen molar-refractivity contribution >= 4 is 21.6 Å². The zero-order valence-corrected chi connectivity index (χ0v) is 12.8. The van der Waals surface area contributed by atoms with Crippen LogP contribution < -0.4 is 5.56 Å². The van der Waals surface area contributed by atoms with Gasteiger partial charge in [-0.1, -0.05) is 13.3 Å². The van der Waals surface area contributed by atoms with Gasteiger partial charge in [-0.3, -0.25) is 14.0 Å². The van der Waals surface area contributed by atoms with E-state index in [1.54, 1.807) is 28.4 Å². The Labute approximate surface area is 126 Å². The zero-order chi connectivity index (χ0) is 14.7. The Kier molecular flexibility index (Phi) is 4.15. The number of nitrogens with zero attached hydrogens (tertiary/aromatic N) is 4. The first-order valence-corrected chi connectivity index (χ1v) is 8.05. The van der Waals surface area contributed by atoms with Crippen LogP contribution in [0.4, 0.5) is 0 Å². The molecule has 0 radical (unpaired) electrons. The molecule has 3 heterocycles. The highest BCUT2D eigenvalue weighted by Gasteiger charge is 2.08. The maximum atomic E-state index is 12.4. The third kappa shape index (κ3) is 3.05. The predicted octanol–water partition coefficient (Wildman–Crippen LogP) is 2.70. The molecule has 0 aliphatic rings. The van der Waals surface area contributed by atoms with Crippen LogP contribution in [0.15, 0.2) is 35.6 Å². The third-order valence-corrected chi connectivity index (χ3v) is 4.51. The van der Waals surface area contributed by atoms with E-state index in [2.05, 4.69) is 17.0 Å². The second kappa shape index (κ2) is 6.22. The second-order valence-corrected chi connectivity index (χ2v) is 6.16. The van der Waals surface area contributed by atoms with E-state index >= 15 is 0 Å². The van der Waals surface area contributed by atoms with Crippen molar-refractivity contribution in [3.63, 3.8) is 0 Å². The molecule has 3 aromatic rings. The van der Waals surface area contributed by atoms with Gasteiger partial charge in [0.2, 0.25) is 0 Å². The van der Waals surface area contributed by atoms with Crippen LogP contribution in [-0.4, -0.2) is 19.3 Å². The fourth-order valence-electron chi connectivity index (χ4n) is 2.37. The standard InChI is InChI=1S/C15H18N4OS/c1-2-5-12-10-13-14(21-12)16-11-18(15(13)20)7-4-9-19-8-3-6-17-19/h3,6,8,10-11H,2,4-5,7,9H2,1H3. The Morgan fingerprint density at radius 2 is 2.24 bits per heavy atom. The molecule has 21 heavy (non-hydrogen) atoms. The number of aromatic nitrogens is 4. The van der Waals surface area contributed by atoms with Crippen molar-refractivity contribution in [2.75, 3.05) is 0 Å². The van der Waals surface area contributed by atoms with Gasteiger partial charge in [-0.25, -0.2) is 4.98 Å². The summed E-state index contributed by atoms with van der Waals surface area (Å²) in [4.78, 5) is 19.0. The lowest BCUT2D eigenvalue weighted by atomic mass is 10.2. The van der Waals surface area contributed by atoms with Crippen LogP contribution in [0.25, 0.3) is 10.2 Å². The zero-order valence-electron chi connectivity index (χ0n) is 12.0. The van der Waals surface area contributed by atoms with Gasteiger partial charge < -0.3 is 0 Å². The summed E-state index contributed by atoms with van der Waals surface area (Å²) in [6.07, 6.45) is 8.33. The summed E-state index contributed by atoms with van der Waals surface area (Å²) in [5.74, 6) is 0. The van der Waals surface area contributed by atoms with Crippen LogP contribution in [0, 0.1) is 0 Å². The van der Waals surface area contributed by atoms with Crippen molar-refractivity contribution in [3.8, 4) is 0 Å². The van der Waals surface area contributed by atoms with Gasteiger partial charge in [0.1, 0.15) is 4.83 Å². The van der Waals surface area contributed by atoms with E-state index in [-0.39, 0.29) is 5.56 Å². The van der Waals surface area contributed by atoms with Gasteiger partial charge in [0.25, 0.3) is 5.56 Å². The largest absolute Gasteiger partial charge is 0.299 e. The molecule has 0 bridgehead atoms. The minimum absolute atomic E-state index is 0.0686. The van der Waals surface area contributed by atoms with Crippen molar-refractivity contribution in [1.82, 2.24) is 19.3 Å². The van der Waals surface area contributed by atoms with Crippen molar-refractivity contribution in [1.29, 1.82) is 0 Å². The van der Waals surface area contributed by atoms with Gasteiger partial charge in [-0.05, 0) is 25.0 Å². The molecule has 0 unspecified atom stereocenters. The van der Waals surface area contributed by atoms with Crippen molar-refractivity contribution in [3.05, 3.63) is 46.1 Å². The average Bonchev–Trinajstić information content (AvgIpc) is 3.11. The number of hydrogen-bond donors (Lipinski definition) is 0. The first-order chi connectivity index (χ1) is 10.3. The van der Waals surface area contributed by atoms with Gasteiger partial charge in [-0.15, -0.1) is 11.3 Å². The molecule has 0 aliphatic heterocycles. The predicted molar refractivity (Wildman–Crippen MR) is 84.7 cm³/mol. The molecule has 5 nitrogen and oxygen atoms in total. The van der Waals surface area contributed by atoms with Gasteiger partial charge in [0.05, 0.1) is 11.7 Å². The van der Waals surface area contributed by atoms with E-state index < -0.39 is 0 Å². The topological polar surface area (TPSA) is 52.7 Å². The van der Waals surface area contributed by atoms with Crippen LogP contribution in [0.3, 0.4) is 0 Å². The van der Waals surface area contributed by atoms with E-state index in [0.29, 0.717) is 6.54 Å². The van der Waals surface area contributed by atoms with Crippen molar-refractivity contribution in [2.24, 2.45) is 0 Å². The van der Waals surface area contributed by atoms with E-state index in [1.165, 1.54) is 4.88 Å². The molecule has 0 aromatic carbocycles. The molecular formula is C15H18N4OS. The Morgan fingerprint density at radius 3 is 3.00 bits per heavy atom. The Morgan fingerprint density at radius 1 is 1.33 bits per heavy atom. The summed E-state index contributed by atoms with van der Waals surface area (Å²) in [5, 5.41) is 4.91. The fraction of sp³-hybridized carbons (Fsp3) is 0.400. The van der Waals surface area contributed by atoms with E-state index in [9.17, 15) is 4.79 Å². The fourth-order valence-corrected chi connectivity index (χ4v) is 3.46. The third-order valence-electron chi connectivity index (χ3n) is 3.41. The number of rotatable bonds is 6. The number of fused-ring (bicyclic) bond motifs is 1. The van der Waals surface area contributed by atoms with Crippen molar-refractivity contribution < 1.29 is 0 Å². The molecule has 0 spiro atoms. The Bertz CT molecular complexity index is 773. The van der Waals surface area contributed by atoms with Gasteiger partial charge in [0.15, 0.2) is 0 Å². The molecule has 3 aromatic heterocycles. The molecule has 0 fully saturated rings. The lowest BCUT2D eigenvalue weighted by Gasteiger charge is -2.05. The summed E-state index contributed by atoms with van der Waals surface area (Å²) in [6.45, 7) is 3.62. The second-order valence-electron chi connectivity index (χ2n) is 5.05. The van der Waals surface area contributed by atoms with Crippen LogP contribution in [0.1, 0.15) is 24.6 Å². The highest BCUT2D eigenvalue weighted by molar-refractivity contribution is 7.18. The van der Waals surface area contributed by atoms with Crippen molar-refractivity contribution in [2.45, 2.75) is 39.3 Å². The SMILES string of the molecule is CCCc1cc2c(=O)n(CCCn3cccn3)cnc2s1. The first-order valence-electron chi connectivity index (χ1n) is 7.23. The minimum Gasteiger partial charge on any atom is -0.299 e. The Hall–Kier alpha value is -1.95. The smallest absolute Gasteiger partial charge is 0.262 e. The molecule has 3 rings (SSSR count). The number of thiophene rings is 1. The minimum atomic E-state index is 0.0686. The maximum Gasteiger partial charge on any atom is 0.262 e. The first kappa shape index (κ1) is 14.0. The molecule has 0 atom stereocenters. The maximum absolute atomic E-state index is 12.4. The molecule has 0 saturated carbocycles. The summed E-state index contributed by atoms with van der Waals surface area (Å²) in [5.41, 5.74) is 0.0686. The lowest BCUT2D eigenvalue weighted by Crippen LogP contribution is -2.20. The van der Waals surface area contributed by atoms with Crippen LogP contribution in [0.5, 0.6) is 0 Å². The van der Waals surface area contributed by atoms with Gasteiger partial charge >= 0.3 is 0 Å². The summed E-state index contributed by atoms with van der Waals surface area (Å²) < 4.78 is 3.58. The van der Waals surface area contributed by atoms with Crippen LogP contribution in [0.2, 0.25) is 0 Å². The molecule has 110 valence electrons. The molecule has 0 aliphatic carbocycles. The monoisotopic (exact) mass is 302 g/mol. The lowest BCUT2D eigenvalue weighted by molar-refractivity contribution is 0.518. The van der Waals surface area contributed by atoms with Crippen LogP contribution in [-0.2, 0) is 19.5 Å². The van der Waals surface area contributed by atoms with E-state index in [1.807, 2.05) is 23.0 Å². The molecule has 0 saturated heterocycles. The highest BCUT2D eigenvalue weighted by Crippen LogP contribution is 2.21. The normalized spacial score (nSPS) is 11.3. The number of hydrogen-bond acceptors (Lipinski definition) is 4. The molecule has 0 amide bonds. The van der Waals surface area contributed by atoms with Crippen LogP contribution >= 0.6 is 11.3 Å².